The van der Waals surface area contributed by atoms with Crippen LogP contribution in [-0.2, 0) is 0 Å². The minimum atomic E-state index is 1.06. The van der Waals surface area contributed by atoms with Crippen LogP contribution in [0.25, 0.3) is 0 Å². The largest absolute Gasteiger partial charge is 0.291 e. The molecule has 0 N–H and O–H groups in total. The van der Waals surface area contributed by atoms with Crippen LogP contribution >= 0.6 is 0 Å². The van der Waals surface area contributed by atoms with Crippen LogP contribution in [0.5, 0.6) is 0 Å². The predicted molar refractivity (Wildman–Crippen MR) is 27.1 cm³/mol. The molecule has 3 rings (SSSR count). The van der Waals surface area contributed by atoms with E-state index in [1.165, 1.54) is 12.8 Å². The molecule has 0 aromatic rings. The van der Waals surface area contributed by atoms with E-state index in [1.54, 1.807) is 6.42 Å². The molecular formula is C6H9N. The van der Waals surface area contributed by atoms with E-state index in [1.807, 2.05) is 0 Å². The summed E-state index contributed by atoms with van der Waals surface area (Å²) in [5.74, 6) is 0. The maximum atomic E-state index is 2.67. The van der Waals surface area contributed by atoms with Crippen molar-refractivity contribution in [3.05, 3.63) is 0 Å². The molecule has 4 atom stereocenters. The topological polar surface area (TPSA) is 3.01 Å². The summed E-state index contributed by atoms with van der Waals surface area (Å²) in [6.45, 7) is 0. The number of nitrogens with zero attached hydrogens (tertiary/aromatic N) is 1. The highest BCUT2D eigenvalue weighted by atomic mass is 15.4. The molecule has 1 heteroatoms. The second-order valence-corrected chi connectivity index (χ2v) is 3.05. The van der Waals surface area contributed by atoms with Gasteiger partial charge in [-0.05, 0) is 19.3 Å². The summed E-state index contributed by atoms with van der Waals surface area (Å²) in [6, 6.07) is 3.25. The number of fused-ring (bicyclic) bond motifs is 1. The lowest BCUT2D eigenvalue weighted by molar-refractivity contribution is 0.259. The molecule has 7 heavy (non-hydrogen) atoms. The second-order valence-electron chi connectivity index (χ2n) is 3.05. The fraction of sp³-hybridized carbons (Fsp3) is 1.00. The molecule has 4 unspecified atom stereocenters. The highest BCUT2D eigenvalue weighted by Gasteiger charge is 2.63. The van der Waals surface area contributed by atoms with Gasteiger partial charge in [-0.15, -0.1) is 0 Å². The average molecular weight is 95.1 g/mol. The molecule has 38 valence electrons. The molecule has 3 fully saturated rings. The van der Waals surface area contributed by atoms with Gasteiger partial charge in [-0.3, -0.25) is 4.90 Å². The van der Waals surface area contributed by atoms with Crippen LogP contribution in [-0.4, -0.2) is 23.0 Å². The van der Waals surface area contributed by atoms with Crippen LogP contribution in [0.1, 0.15) is 19.3 Å². The average Bonchev–Trinajstić information content (AvgIpc) is 2.02. The minimum absolute atomic E-state index is 1.06. The Morgan fingerprint density at radius 3 is 2.29 bits per heavy atom. The Morgan fingerprint density at radius 1 is 1.14 bits per heavy atom. The molecule has 0 aromatic heterocycles. The van der Waals surface area contributed by atoms with Crippen molar-refractivity contribution in [1.29, 1.82) is 0 Å². The van der Waals surface area contributed by atoms with Crippen molar-refractivity contribution < 1.29 is 0 Å². The van der Waals surface area contributed by atoms with Crippen LogP contribution in [0.2, 0.25) is 0 Å². The first-order valence-electron chi connectivity index (χ1n) is 3.24. The van der Waals surface area contributed by atoms with Gasteiger partial charge in [0, 0.05) is 18.1 Å². The summed E-state index contributed by atoms with van der Waals surface area (Å²) in [5.41, 5.74) is 0. The van der Waals surface area contributed by atoms with E-state index >= 15 is 0 Å². The van der Waals surface area contributed by atoms with Crippen LogP contribution in [0.15, 0.2) is 0 Å². The SMILES string of the molecule is C1CC2C3CC1N23. The van der Waals surface area contributed by atoms with Crippen molar-refractivity contribution in [1.82, 2.24) is 4.90 Å². The molecule has 3 saturated heterocycles. The van der Waals surface area contributed by atoms with E-state index in [9.17, 15) is 0 Å². The van der Waals surface area contributed by atoms with Crippen molar-refractivity contribution in [3.63, 3.8) is 0 Å². The van der Waals surface area contributed by atoms with Crippen molar-refractivity contribution in [3.8, 4) is 0 Å². The van der Waals surface area contributed by atoms with Gasteiger partial charge in [0.1, 0.15) is 0 Å². The van der Waals surface area contributed by atoms with E-state index < -0.39 is 0 Å². The molecule has 0 bridgehead atoms. The highest BCUT2D eigenvalue weighted by Crippen LogP contribution is 2.55. The van der Waals surface area contributed by atoms with E-state index in [-0.39, 0.29) is 0 Å². The molecule has 0 aromatic carbocycles. The van der Waals surface area contributed by atoms with Gasteiger partial charge in [-0.1, -0.05) is 0 Å². The monoisotopic (exact) mass is 95.1 g/mol. The third-order valence-corrected chi connectivity index (χ3v) is 2.85. The number of rotatable bonds is 0. The molecule has 0 saturated carbocycles. The molecule has 0 aliphatic carbocycles. The number of hydrogen-bond acceptors (Lipinski definition) is 1. The maximum absolute atomic E-state index is 2.67. The van der Waals surface area contributed by atoms with Crippen LogP contribution in [0, 0.1) is 0 Å². The lowest BCUT2D eigenvalue weighted by Crippen LogP contribution is -2.31. The summed E-state index contributed by atoms with van der Waals surface area (Å²) in [4.78, 5) is 2.67. The normalized spacial score (nSPS) is 72.0. The Balaban J connectivity index is 2.07. The van der Waals surface area contributed by atoms with Crippen LogP contribution < -0.4 is 0 Å². The Morgan fingerprint density at radius 2 is 2.14 bits per heavy atom. The molecule has 3 aliphatic rings. The first-order chi connectivity index (χ1) is 3.47. The highest BCUT2D eigenvalue weighted by molar-refractivity contribution is 5.20. The van der Waals surface area contributed by atoms with Gasteiger partial charge in [-0.2, -0.15) is 0 Å². The van der Waals surface area contributed by atoms with E-state index in [0.29, 0.717) is 0 Å². The summed E-state index contributed by atoms with van der Waals surface area (Å²) in [7, 11) is 0. The smallest absolute Gasteiger partial charge is 0.0273 e. The number of hydrogen-bond donors (Lipinski definition) is 0. The zero-order valence-electron chi connectivity index (χ0n) is 4.30. The minimum Gasteiger partial charge on any atom is -0.291 e. The fourth-order valence-electron chi connectivity index (χ4n) is 2.41. The first kappa shape index (κ1) is 3.08. The van der Waals surface area contributed by atoms with Gasteiger partial charge in [0.2, 0.25) is 0 Å². The lowest BCUT2D eigenvalue weighted by Gasteiger charge is -2.24. The van der Waals surface area contributed by atoms with Crippen LogP contribution in [0.3, 0.4) is 0 Å². The standard InChI is InChI=1S/C6H9N/c1-2-5-6-3-4(1)7(5)6/h4-6H,1-3H2. The Hall–Kier alpha value is -0.0400. The van der Waals surface area contributed by atoms with Gasteiger partial charge >= 0.3 is 0 Å². The molecule has 3 heterocycles. The quantitative estimate of drug-likeness (QED) is 0.398. The van der Waals surface area contributed by atoms with Crippen LogP contribution in [0.4, 0.5) is 0 Å². The summed E-state index contributed by atoms with van der Waals surface area (Å²) >= 11 is 0. The summed E-state index contributed by atoms with van der Waals surface area (Å²) in [5, 5.41) is 0. The van der Waals surface area contributed by atoms with Crippen molar-refractivity contribution in [2.45, 2.75) is 37.4 Å². The molecule has 0 amide bonds. The van der Waals surface area contributed by atoms with E-state index in [4.69, 9.17) is 0 Å². The molecule has 0 spiro atoms. The molecule has 3 aliphatic heterocycles. The maximum Gasteiger partial charge on any atom is 0.0273 e. The van der Waals surface area contributed by atoms with Crippen molar-refractivity contribution in [2.75, 3.05) is 0 Å². The van der Waals surface area contributed by atoms with E-state index in [2.05, 4.69) is 4.90 Å². The zero-order valence-corrected chi connectivity index (χ0v) is 4.30. The van der Waals surface area contributed by atoms with Gasteiger partial charge in [-0.25, -0.2) is 0 Å². The molecule has 0 radical (unpaired) electrons. The van der Waals surface area contributed by atoms with E-state index in [0.717, 1.165) is 18.1 Å². The first-order valence-corrected chi connectivity index (χ1v) is 3.24. The predicted octanol–water partition coefficient (Wildman–Crippen LogP) is 0.605. The third-order valence-electron chi connectivity index (χ3n) is 2.85. The Kier molecular flexibility index (Phi) is 0.288. The van der Waals surface area contributed by atoms with Gasteiger partial charge in [0.05, 0.1) is 0 Å². The van der Waals surface area contributed by atoms with Gasteiger partial charge < -0.3 is 0 Å². The summed E-state index contributed by atoms with van der Waals surface area (Å²) < 4.78 is 0. The molecule has 1 nitrogen and oxygen atoms in total. The third kappa shape index (κ3) is 0.177. The lowest BCUT2D eigenvalue weighted by atomic mass is 9.95. The Bertz CT molecular complexity index is 108. The fourth-order valence-corrected chi connectivity index (χ4v) is 2.41. The van der Waals surface area contributed by atoms with Crippen molar-refractivity contribution in [2.24, 2.45) is 0 Å². The van der Waals surface area contributed by atoms with Gasteiger partial charge in [0.25, 0.3) is 0 Å². The zero-order chi connectivity index (χ0) is 4.43. The van der Waals surface area contributed by atoms with Gasteiger partial charge in [0.15, 0.2) is 0 Å². The summed E-state index contributed by atoms with van der Waals surface area (Å²) in [6.07, 6.45) is 4.58. The van der Waals surface area contributed by atoms with Crippen molar-refractivity contribution >= 4 is 0 Å². The molecular weight excluding hydrogens is 86.1 g/mol. The number of piperidine rings is 1. The Labute approximate surface area is 43.3 Å². The second kappa shape index (κ2) is 0.655.